The van der Waals surface area contributed by atoms with Gasteiger partial charge in [-0.25, -0.2) is 9.78 Å². The number of carboxylic acid groups (broad SMARTS) is 1. The highest BCUT2D eigenvalue weighted by atomic mass is 35.5. The molecule has 2 N–H and O–H groups in total. The predicted molar refractivity (Wildman–Crippen MR) is 91.0 cm³/mol. The van der Waals surface area contributed by atoms with Crippen molar-refractivity contribution in [3.8, 4) is 0 Å². The number of carbonyl (C=O) groups is 1. The van der Waals surface area contributed by atoms with Gasteiger partial charge in [0.15, 0.2) is 0 Å². The van der Waals surface area contributed by atoms with Crippen LogP contribution in [-0.2, 0) is 4.74 Å². The molecule has 1 saturated heterocycles. The number of hydrogen-bond acceptors (Lipinski definition) is 4. The van der Waals surface area contributed by atoms with Gasteiger partial charge in [-0.15, -0.1) is 0 Å². The Morgan fingerprint density at radius 1 is 1.57 bits per heavy atom. The zero-order chi connectivity index (χ0) is 16.7. The van der Waals surface area contributed by atoms with E-state index in [0.717, 1.165) is 30.6 Å². The molecule has 0 radical (unpaired) electrons. The maximum Gasteiger partial charge on any atom is 0.407 e. The maximum atomic E-state index is 10.9. The molecule has 1 aliphatic heterocycles. The van der Waals surface area contributed by atoms with Crippen LogP contribution in [0.1, 0.15) is 18.4 Å². The molecule has 1 fully saturated rings. The third kappa shape index (κ3) is 5.41. The van der Waals surface area contributed by atoms with E-state index in [-0.39, 0.29) is 0 Å². The Bertz CT molecular complexity index is 558. The SMILES string of the molecule is COC/C=C/c1cnc(Cl)cc1NCC1CCN(C(=O)O)CC1. The van der Waals surface area contributed by atoms with Crippen LogP contribution in [0.25, 0.3) is 6.08 Å². The lowest BCUT2D eigenvalue weighted by Crippen LogP contribution is -2.39. The maximum absolute atomic E-state index is 10.9. The van der Waals surface area contributed by atoms with Gasteiger partial charge in [0.05, 0.1) is 6.61 Å². The first-order valence-electron chi connectivity index (χ1n) is 7.63. The van der Waals surface area contributed by atoms with Gasteiger partial charge in [-0.1, -0.05) is 23.8 Å². The fraction of sp³-hybridized carbons (Fsp3) is 0.500. The molecule has 23 heavy (non-hydrogen) atoms. The summed E-state index contributed by atoms with van der Waals surface area (Å²) >= 11 is 5.98. The summed E-state index contributed by atoms with van der Waals surface area (Å²) in [7, 11) is 1.65. The van der Waals surface area contributed by atoms with Gasteiger partial charge < -0.3 is 20.1 Å². The fourth-order valence-electron chi connectivity index (χ4n) is 2.58. The second-order valence-corrected chi connectivity index (χ2v) is 5.93. The smallest absolute Gasteiger partial charge is 0.407 e. The molecule has 0 aromatic carbocycles. The molecule has 6 nitrogen and oxygen atoms in total. The number of nitrogens with one attached hydrogen (secondary N) is 1. The molecule has 1 aromatic heterocycles. The van der Waals surface area contributed by atoms with E-state index in [1.807, 2.05) is 12.2 Å². The van der Waals surface area contributed by atoms with Crippen molar-refractivity contribution >= 4 is 29.5 Å². The lowest BCUT2D eigenvalue weighted by atomic mass is 9.97. The van der Waals surface area contributed by atoms with Gasteiger partial charge in [-0.3, -0.25) is 0 Å². The summed E-state index contributed by atoms with van der Waals surface area (Å²) in [5.74, 6) is 0.452. The summed E-state index contributed by atoms with van der Waals surface area (Å²) in [5.41, 5.74) is 1.88. The molecule has 2 rings (SSSR count). The molecular weight excluding hydrogens is 318 g/mol. The highest BCUT2D eigenvalue weighted by Gasteiger charge is 2.22. The highest BCUT2D eigenvalue weighted by molar-refractivity contribution is 6.29. The van der Waals surface area contributed by atoms with Gasteiger partial charge >= 0.3 is 6.09 Å². The number of piperidine rings is 1. The van der Waals surface area contributed by atoms with Gasteiger partial charge in [-0.2, -0.15) is 0 Å². The van der Waals surface area contributed by atoms with Gasteiger partial charge in [0, 0.05) is 44.2 Å². The predicted octanol–water partition coefficient (Wildman–Crippen LogP) is 3.20. The van der Waals surface area contributed by atoms with Crippen LogP contribution in [0.4, 0.5) is 10.5 Å². The number of halogens is 1. The van der Waals surface area contributed by atoms with Crippen LogP contribution >= 0.6 is 11.6 Å². The average Bonchev–Trinajstić information content (AvgIpc) is 2.55. The monoisotopic (exact) mass is 339 g/mol. The number of likely N-dealkylation sites (tertiary alicyclic amines) is 1. The van der Waals surface area contributed by atoms with Crippen molar-refractivity contribution in [2.45, 2.75) is 12.8 Å². The lowest BCUT2D eigenvalue weighted by molar-refractivity contribution is 0.126. The van der Waals surface area contributed by atoms with E-state index in [9.17, 15) is 4.79 Å². The number of methoxy groups -OCH3 is 1. The Balaban J connectivity index is 1.92. The van der Waals surface area contributed by atoms with Crippen molar-refractivity contribution in [2.24, 2.45) is 5.92 Å². The summed E-state index contributed by atoms with van der Waals surface area (Å²) in [5, 5.41) is 12.8. The van der Waals surface area contributed by atoms with Crippen molar-refractivity contribution in [1.82, 2.24) is 9.88 Å². The summed E-state index contributed by atoms with van der Waals surface area (Å²) in [6.45, 7) is 2.52. The average molecular weight is 340 g/mol. The minimum atomic E-state index is -0.831. The Morgan fingerprint density at radius 3 is 2.96 bits per heavy atom. The van der Waals surface area contributed by atoms with E-state index >= 15 is 0 Å². The van der Waals surface area contributed by atoms with E-state index in [4.69, 9.17) is 21.4 Å². The van der Waals surface area contributed by atoms with E-state index in [0.29, 0.717) is 30.8 Å². The van der Waals surface area contributed by atoms with Crippen LogP contribution in [0, 0.1) is 5.92 Å². The van der Waals surface area contributed by atoms with Crippen LogP contribution in [0.2, 0.25) is 5.15 Å². The molecule has 126 valence electrons. The van der Waals surface area contributed by atoms with Crippen molar-refractivity contribution in [3.05, 3.63) is 29.1 Å². The standard InChI is InChI=1S/C16H22ClN3O3/c1-23-8-2-3-13-11-19-15(17)9-14(13)18-10-12-4-6-20(7-5-12)16(21)22/h2-3,9,11-12H,4-8,10H2,1H3,(H,18,19)(H,21,22)/b3-2+. The van der Waals surface area contributed by atoms with Crippen molar-refractivity contribution in [3.63, 3.8) is 0 Å². The molecule has 0 atom stereocenters. The summed E-state index contributed by atoms with van der Waals surface area (Å²) in [6, 6.07) is 1.81. The normalized spacial score (nSPS) is 16.0. The first-order valence-corrected chi connectivity index (χ1v) is 8.00. The summed E-state index contributed by atoms with van der Waals surface area (Å²) in [4.78, 5) is 16.5. The van der Waals surface area contributed by atoms with Crippen LogP contribution < -0.4 is 5.32 Å². The van der Waals surface area contributed by atoms with Gasteiger partial charge in [-0.05, 0) is 24.8 Å². The van der Waals surface area contributed by atoms with Crippen molar-refractivity contribution in [2.75, 3.05) is 38.7 Å². The molecule has 0 spiro atoms. The summed E-state index contributed by atoms with van der Waals surface area (Å²) < 4.78 is 5.01. The summed E-state index contributed by atoms with van der Waals surface area (Å²) in [6.07, 6.45) is 6.50. The second kappa shape index (κ2) is 8.74. The number of amides is 1. The fourth-order valence-corrected chi connectivity index (χ4v) is 2.74. The minimum Gasteiger partial charge on any atom is -0.465 e. The van der Waals surface area contributed by atoms with Crippen LogP contribution in [0.15, 0.2) is 18.3 Å². The zero-order valence-corrected chi connectivity index (χ0v) is 13.9. The number of pyridine rings is 1. The van der Waals surface area contributed by atoms with Crippen molar-refractivity contribution < 1.29 is 14.6 Å². The van der Waals surface area contributed by atoms with Gasteiger partial charge in [0.25, 0.3) is 0 Å². The number of hydrogen-bond donors (Lipinski definition) is 2. The second-order valence-electron chi connectivity index (χ2n) is 5.55. The number of nitrogens with zero attached hydrogens (tertiary/aromatic N) is 2. The quantitative estimate of drug-likeness (QED) is 0.778. The molecule has 2 heterocycles. The highest BCUT2D eigenvalue weighted by Crippen LogP contribution is 2.23. The molecule has 1 aliphatic rings. The third-order valence-electron chi connectivity index (χ3n) is 3.93. The Kier molecular flexibility index (Phi) is 6.67. The Morgan fingerprint density at radius 2 is 2.30 bits per heavy atom. The molecular formula is C16H22ClN3O3. The third-order valence-corrected chi connectivity index (χ3v) is 4.13. The molecule has 0 unspecified atom stereocenters. The van der Waals surface area contributed by atoms with Crippen LogP contribution in [-0.4, -0.2) is 54.4 Å². The molecule has 0 aliphatic carbocycles. The van der Waals surface area contributed by atoms with Gasteiger partial charge in [0.1, 0.15) is 5.15 Å². The largest absolute Gasteiger partial charge is 0.465 e. The Hall–Kier alpha value is -1.79. The van der Waals surface area contributed by atoms with Crippen LogP contribution in [0.5, 0.6) is 0 Å². The molecule has 7 heteroatoms. The minimum absolute atomic E-state index is 0.442. The molecule has 1 aromatic rings. The number of anilines is 1. The zero-order valence-electron chi connectivity index (χ0n) is 13.2. The first-order chi connectivity index (χ1) is 11.1. The topological polar surface area (TPSA) is 74.7 Å². The number of aromatic nitrogens is 1. The van der Waals surface area contributed by atoms with Gasteiger partial charge in [0.2, 0.25) is 0 Å². The molecule has 0 bridgehead atoms. The molecule has 0 saturated carbocycles. The number of rotatable bonds is 6. The van der Waals surface area contributed by atoms with Crippen LogP contribution in [0.3, 0.4) is 0 Å². The lowest BCUT2D eigenvalue weighted by Gasteiger charge is -2.30. The molecule has 1 amide bonds. The first kappa shape index (κ1) is 17.6. The van der Waals surface area contributed by atoms with E-state index in [1.165, 1.54) is 4.90 Å². The van der Waals surface area contributed by atoms with E-state index in [2.05, 4.69) is 10.3 Å². The van der Waals surface area contributed by atoms with E-state index < -0.39 is 6.09 Å². The van der Waals surface area contributed by atoms with E-state index in [1.54, 1.807) is 19.4 Å². The Labute approximate surface area is 141 Å². The van der Waals surface area contributed by atoms with Crippen molar-refractivity contribution in [1.29, 1.82) is 0 Å². The number of ether oxygens (including phenoxy) is 1.